The van der Waals surface area contributed by atoms with Crippen LogP contribution in [0.15, 0.2) is 18.2 Å². The maximum Gasteiger partial charge on any atom is 0.335 e. The first-order chi connectivity index (χ1) is 8.85. The molecule has 0 saturated heterocycles. The summed E-state index contributed by atoms with van der Waals surface area (Å²) in [5, 5.41) is 8.87. The second kappa shape index (κ2) is 7.09. The molecule has 0 aromatic heterocycles. The first kappa shape index (κ1) is 16.2. The molecule has 19 heavy (non-hydrogen) atoms. The van der Waals surface area contributed by atoms with Crippen LogP contribution in [0.4, 0.5) is 0 Å². The average molecular weight is 398 g/mol. The molecule has 0 heterocycles. The molecule has 0 aliphatic heterocycles. The number of rotatable bonds is 7. The second-order valence-electron chi connectivity index (χ2n) is 3.89. The lowest BCUT2D eigenvalue weighted by Crippen LogP contribution is -2.12. The van der Waals surface area contributed by atoms with Crippen molar-refractivity contribution in [1.82, 2.24) is 0 Å². The molecule has 1 N–H and O–H groups in total. The highest BCUT2D eigenvalue weighted by molar-refractivity contribution is 14.1. The molecule has 0 atom stereocenters. The topological polar surface area (TPSA) is 80.7 Å². The standard InChI is InChI=1S/C12H15IO5S/c1-2-19(16,17)7-3-6-18-11-8-9(12(14)15)4-5-10(11)13/h4-5,8H,2-3,6-7H2,1H3,(H,14,15). The molecule has 5 nitrogen and oxygen atoms in total. The Morgan fingerprint density at radius 1 is 1.42 bits per heavy atom. The van der Waals surface area contributed by atoms with Crippen molar-refractivity contribution in [3.8, 4) is 5.75 Å². The van der Waals surface area contributed by atoms with Crippen molar-refractivity contribution >= 4 is 38.4 Å². The van der Waals surface area contributed by atoms with E-state index >= 15 is 0 Å². The van der Waals surface area contributed by atoms with Crippen LogP contribution in [0.3, 0.4) is 0 Å². The number of carboxylic acids is 1. The molecular formula is C12H15IO5S. The smallest absolute Gasteiger partial charge is 0.335 e. The third-order valence-electron chi connectivity index (χ3n) is 2.48. The van der Waals surface area contributed by atoms with E-state index in [2.05, 4.69) is 0 Å². The third kappa shape index (κ3) is 5.35. The van der Waals surface area contributed by atoms with E-state index in [-0.39, 0.29) is 23.7 Å². The molecule has 0 radical (unpaired) electrons. The Hall–Kier alpha value is -0.830. The van der Waals surface area contributed by atoms with Gasteiger partial charge in [0, 0.05) is 5.75 Å². The van der Waals surface area contributed by atoms with E-state index in [4.69, 9.17) is 9.84 Å². The fraction of sp³-hybridized carbons (Fsp3) is 0.417. The number of hydrogen-bond donors (Lipinski definition) is 1. The number of ether oxygens (including phenoxy) is 1. The van der Waals surface area contributed by atoms with Crippen molar-refractivity contribution in [2.75, 3.05) is 18.1 Å². The second-order valence-corrected chi connectivity index (χ2v) is 7.52. The Labute approximate surface area is 126 Å². The molecule has 7 heteroatoms. The number of carboxylic acid groups (broad SMARTS) is 1. The summed E-state index contributed by atoms with van der Waals surface area (Å²) in [6.45, 7) is 1.85. The quantitative estimate of drug-likeness (QED) is 0.563. The van der Waals surface area contributed by atoms with Crippen LogP contribution < -0.4 is 4.74 Å². The monoisotopic (exact) mass is 398 g/mol. The van der Waals surface area contributed by atoms with E-state index in [1.165, 1.54) is 12.1 Å². The lowest BCUT2D eigenvalue weighted by Gasteiger charge is -2.09. The van der Waals surface area contributed by atoms with Crippen molar-refractivity contribution in [1.29, 1.82) is 0 Å². The molecule has 0 aliphatic carbocycles. The molecule has 0 aliphatic rings. The molecule has 0 bridgehead atoms. The van der Waals surface area contributed by atoms with Crippen molar-refractivity contribution in [2.45, 2.75) is 13.3 Å². The first-order valence-electron chi connectivity index (χ1n) is 5.72. The summed E-state index contributed by atoms with van der Waals surface area (Å²) in [4.78, 5) is 10.8. The summed E-state index contributed by atoms with van der Waals surface area (Å²) in [7, 11) is -2.98. The molecule has 0 fully saturated rings. The van der Waals surface area contributed by atoms with Gasteiger partial charge in [-0.15, -0.1) is 0 Å². The fourth-order valence-electron chi connectivity index (χ4n) is 1.35. The Balaban J connectivity index is 2.58. The molecule has 106 valence electrons. The number of benzene rings is 1. The van der Waals surface area contributed by atoms with E-state index in [0.717, 1.165) is 3.57 Å². The Morgan fingerprint density at radius 3 is 2.68 bits per heavy atom. The summed E-state index contributed by atoms with van der Waals surface area (Å²) in [5.74, 6) is -0.346. The molecular weight excluding hydrogens is 383 g/mol. The molecule has 1 aromatic rings. The van der Waals surface area contributed by atoms with Crippen molar-refractivity contribution < 1.29 is 23.1 Å². The fourth-order valence-corrected chi connectivity index (χ4v) is 2.69. The summed E-state index contributed by atoms with van der Waals surface area (Å²) in [6, 6.07) is 4.60. The SMILES string of the molecule is CCS(=O)(=O)CCCOc1cc(C(=O)O)ccc1I. The molecule has 0 unspecified atom stereocenters. The lowest BCUT2D eigenvalue weighted by molar-refractivity contribution is 0.0696. The third-order valence-corrected chi connectivity index (χ3v) is 5.16. The van der Waals surface area contributed by atoms with Gasteiger partial charge in [0.2, 0.25) is 0 Å². The number of hydrogen-bond acceptors (Lipinski definition) is 4. The van der Waals surface area contributed by atoms with E-state index < -0.39 is 15.8 Å². The number of aromatic carboxylic acids is 1. The maximum atomic E-state index is 11.3. The molecule has 1 rings (SSSR count). The van der Waals surface area contributed by atoms with Crippen LogP contribution >= 0.6 is 22.6 Å². The van der Waals surface area contributed by atoms with Crippen LogP contribution in [0.5, 0.6) is 5.75 Å². The minimum absolute atomic E-state index is 0.0820. The van der Waals surface area contributed by atoms with Gasteiger partial charge in [0.15, 0.2) is 0 Å². The van der Waals surface area contributed by atoms with Gasteiger partial charge in [0.1, 0.15) is 15.6 Å². The highest BCUT2D eigenvalue weighted by atomic mass is 127. The summed E-state index contributed by atoms with van der Waals surface area (Å²) < 4.78 is 28.8. The molecule has 0 saturated carbocycles. The largest absolute Gasteiger partial charge is 0.492 e. The van der Waals surface area contributed by atoms with Crippen LogP contribution in [0, 0.1) is 3.57 Å². The highest BCUT2D eigenvalue weighted by Gasteiger charge is 2.10. The first-order valence-corrected chi connectivity index (χ1v) is 8.62. The predicted octanol–water partition coefficient (Wildman–Crippen LogP) is 2.19. The van der Waals surface area contributed by atoms with E-state index in [9.17, 15) is 13.2 Å². The molecule has 0 amide bonds. The van der Waals surface area contributed by atoms with Gasteiger partial charge in [0.05, 0.1) is 21.5 Å². The summed E-state index contributed by atoms with van der Waals surface area (Å²) >= 11 is 2.04. The van der Waals surface area contributed by atoms with Gasteiger partial charge in [-0.3, -0.25) is 0 Å². The zero-order chi connectivity index (χ0) is 14.5. The van der Waals surface area contributed by atoms with Gasteiger partial charge in [0.25, 0.3) is 0 Å². The Morgan fingerprint density at radius 2 is 2.11 bits per heavy atom. The van der Waals surface area contributed by atoms with Gasteiger partial charge in [-0.1, -0.05) is 6.92 Å². The zero-order valence-corrected chi connectivity index (χ0v) is 13.4. The molecule has 0 spiro atoms. The van der Waals surface area contributed by atoms with Crippen LogP contribution in [0.2, 0.25) is 0 Å². The normalized spacial score (nSPS) is 11.3. The minimum atomic E-state index is -2.98. The predicted molar refractivity (Wildman–Crippen MR) is 80.6 cm³/mol. The van der Waals surface area contributed by atoms with Crippen molar-refractivity contribution in [3.05, 3.63) is 27.3 Å². The lowest BCUT2D eigenvalue weighted by atomic mass is 10.2. The van der Waals surface area contributed by atoms with Gasteiger partial charge < -0.3 is 9.84 Å². The summed E-state index contributed by atoms with van der Waals surface area (Å²) in [5.41, 5.74) is 0.150. The Bertz CT molecular complexity index is 553. The Kier molecular flexibility index (Phi) is 6.05. The van der Waals surface area contributed by atoms with Crippen LogP contribution in [0.1, 0.15) is 23.7 Å². The van der Waals surface area contributed by atoms with E-state index in [1.807, 2.05) is 22.6 Å². The van der Waals surface area contributed by atoms with Crippen LogP contribution in [0.25, 0.3) is 0 Å². The minimum Gasteiger partial charge on any atom is -0.492 e. The van der Waals surface area contributed by atoms with E-state index in [1.54, 1.807) is 13.0 Å². The van der Waals surface area contributed by atoms with Crippen LogP contribution in [-0.2, 0) is 9.84 Å². The van der Waals surface area contributed by atoms with Gasteiger partial charge >= 0.3 is 5.97 Å². The van der Waals surface area contributed by atoms with Gasteiger partial charge in [-0.25, -0.2) is 13.2 Å². The maximum absolute atomic E-state index is 11.3. The molecule has 1 aromatic carbocycles. The highest BCUT2D eigenvalue weighted by Crippen LogP contribution is 2.22. The van der Waals surface area contributed by atoms with Crippen molar-refractivity contribution in [3.63, 3.8) is 0 Å². The average Bonchev–Trinajstić information content (AvgIpc) is 2.36. The number of halogens is 1. The van der Waals surface area contributed by atoms with Crippen LogP contribution in [-0.4, -0.2) is 37.6 Å². The number of sulfone groups is 1. The number of carbonyl (C=O) groups is 1. The zero-order valence-electron chi connectivity index (χ0n) is 10.4. The van der Waals surface area contributed by atoms with Gasteiger partial charge in [-0.2, -0.15) is 0 Å². The van der Waals surface area contributed by atoms with Gasteiger partial charge in [-0.05, 0) is 47.2 Å². The summed E-state index contributed by atoms with van der Waals surface area (Å²) in [6.07, 6.45) is 0.392. The van der Waals surface area contributed by atoms with Crippen molar-refractivity contribution in [2.24, 2.45) is 0 Å². The van der Waals surface area contributed by atoms with E-state index in [0.29, 0.717) is 12.2 Å².